The third-order valence-electron chi connectivity index (χ3n) is 3.89. The third-order valence-corrected chi connectivity index (χ3v) is 3.89. The molecule has 1 aromatic carbocycles. The van der Waals surface area contributed by atoms with Crippen molar-refractivity contribution in [2.75, 3.05) is 26.1 Å². The topological polar surface area (TPSA) is 102 Å². The minimum atomic E-state index is -0.829. The standard InChI is InChI=1S/C18H23N3O5/c1-21-10-4-5-14(21)15(22)8-9-19-17(23)18(24)20-13-11-12(25-2)6-7-16(13)26-3/h4-7,10-11,15,22H,8-9H2,1-3H3,(H,19,23)(H,20,24). The van der Waals surface area contributed by atoms with E-state index in [1.54, 1.807) is 28.8 Å². The number of methoxy groups -OCH3 is 2. The van der Waals surface area contributed by atoms with Crippen LogP contribution in [-0.4, -0.2) is 42.3 Å². The Morgan fingerprint density at radius 1 is 1.19 bits per heavy atom. The van der Waals surface area contributed by atoms with E-state index < -0.39 is 17.9 Å². The molecule has 0 bridgehead atoms. The van der Waals surface area contributed by atoms with Crippen LogP contribution in [0.4, 0.5) is 5.69 Å². The Labute approximate surface area is 151 Å². The molecule has 1 unspecified atom stereocenters. The van der Waals surface area contributed by atoms with Gasteiger partial charge < -0.3 is 29.8 Å². The average Bonchev–Trinajstić information content (AvgIpc) is 3.07. The molecule has 0 saturated carbocycles. The van der Waals surface area contributed by atoms with Crippen LogP contribution < -0.4 is 20.1 Å². The number of aromatic nitrogens is 1. The molecule has 1 heterocycles. The summed E-state index contributed by atoms with van der Waals surface area (Å²) in [5.41, 5.74) is 1.07. The minimum absolute atomic E-state index is 0.161. The molecule has 0 aliphatic carbocycles. The van der Waals surface area contributed by atoms with Crippen molar-refractivity contribution in [2.24, 2.45) is 7.05 Å². The Kier molecular flexibility index (Phi) is 6.62. The Hall–Kier alpha value is -3.00. The summed E-state index contributed by atoms with van der Waals surface area (Å²) in [6, 6.07) is 8.49. The van der Waals surface area contributed by atoms with Gasteiger partial charge in [0, 0.05) is 31.5 Å². The van der Waals surface area contributed by atoms with Crippen molar-refractivity contribution >= 4 is 17.5 Å². The predicted molar refractivity (Wildman–Crippen MR) is 96.2 cm³/mol. The number of hydrogen-bond acceptors (Lipinski definition) is 5. The summed E-state index contributed by atoms with van der Waals surface area (Å²) >= 11 is 0. The summed E-state index contributed by atoms with van der Waals surface area (Å²) in [7, 11) is 4.78. The molecule has 0 saturated heterocycles. The number of nitrogens with zero attached hydrogens (tertiary/aromatic N) is 1. The summed E-state index contributed by atoms with van der Waals surface area (Å²) in [6.45, 7) is 0.161. The maximum absolute atomic E-state index is 12.1. The average molecular weight is 361 g/mol. The quantitative estimate of drug-likeness (QED) is 0.644. The molecule has 2 rings (SSSR count). The Bertz CT molecular complexity index is 772. The Morgan fingerprint density at radius 2 is 1.96 bits per heavy atom. The van der Waals surface area contributed by atoms with Gasteiger partial charge in [0.05, 0.1) is 26.0 Å². The molecule has 140 valence electrons. The van der Waals surface area contributed by atoms with Crippen molar-refractivity contribution in [3.05, 3.63) is 42.2 Å². The van der Waals surface area contributed by atoms with Crippen LogP contribution in [0.3, 0.4) is 0 Å². The lowest BCUT2D eigenvalue weighted by Gasteiger charge is -2.13. The highest BCUT2D eigenvalue weighted by Crippen LogP contribution is 2.28. The first kappa shape index (κ1) is 19.3. The van der Waals surface area contributed by atoms with E-state index in [4.69, 9.17) is 9.47 Å². The van der Waals surface area contributed by atoms with Crippen LogP contribution in [0.15, 0.2) is 36.5 Å². The fourth-order valence-corrected chi connectivity index (χ4v) is 2.46. The first-order valence-electron chi connectivity index (χ1n) is 8.06. The van der Waals surface area contributed by atoms with E-state index in [2.05, 4.69) is 10.6 Å². The van der Waals surface area contributed by atoms with Crippen LogP contribution in [0, 0.1) is 0 Å². The SMILES string of the molecule is COc1ccc(OC)c(NC(=O)C(=O)NCCC(O)c2cccn2C)c1. The van der Waals surface area contributed by atoms with E-state index in [0.717, 1.165) is 5.69 Å². The van der Waals surface area contributed by atoms with E-state index in [1.807, 2.05) is 19.3 Å². The number of nitrogens with one attached hydrogen (secondary N) is 2. The van der Waals surface area contributed by atoms with E-state index >= 15 is 0 Å². The minimum Gasteiger partial charge on any atom is -0.497 e. The van der Waals surface area contributed by atoms with Crippen LogP contribution in [0.5, 0.6) is 11.5 Å². The lowest BCUT2D eigenvalue weighted by atomic mass is 10.2. The number of hydrogen-bond donors (Lipinski definition) is 3. The van der Waals surface area contributed by atoms with Crippen LogP contribution in [0.25, 0.3) is 0 Å². The highest BCUT2D eigenvalue weighted by Gasteiger charge is 2.17. The second-order valence-electron chi connectivity index (χ2n) is 5.62. The lowest BCUT2D eigenvalue weighted by Crippen LogP contribution is -2.36. The van der Waals surface area contributed by atoms with Gasteiger partial charge in [0.25, 0.3) is 0 Å². The van der Waals surface area contributed by atoms with Gasteiger partial charge in [-0.15, -0.1) is 0 Å². The molecule has 0 fully saturated rings. The van der Waals surface area contributed by atoms with Gasteiger partial charge in [-0.3, -0.25) is 9.59 Å². The molecule has 26 heavy (non-hydrogen) atoms. The smallest absolute Gasteiger partial charge is 0.313 e. The number of ether oxygens (including phenoxy) is 2. The normalized spacial score (nSPS) is 11.5. The van der Waals surface area contributed by atoms with Gasteiger partial charge in [-0.25, -0.2) is 0 Å². The van der Waals surface area contributed by atoms with Gasteiger partial charge in [-0.2, -0.15) is 0 Å². The summed E-state index contributed by atoms with van der Waals surface area (Å²) in [4.78, 5) is 24.0. The number of aliphatic hydroxyl groups is 1. The molecule has 2 amide bonds. The Morgan fingerprint density at radius 3 is 2.58 bits per heavy atom. The number of carbonyl (C=O) groups is 2. The molecular weight excluding hydrogens is 338 g/mol. The molecule has 1 aromatic heterocycles. The predicted octanol–water partition coefficient (Wildman–Crippen LogP) is 1.22. The number of amides is 2. The molecule has 8 heteroatoms. The number of rotatable bonds is 7. The second kappa shape index (κ2) is 8.91. The van der Waals surface area contributed by atoms with Gasteiger partial charge in [0.1, 0.15) is 11.5 Å². The molecule has 0 aliphatic rings. The number of aryl methyl sites for hydroxylation is 1. The largest absolute Gasteiger partial charge is 0.497 e. The highest BCUT2D eigenvalue weighted by molar-refractivity contribution is 6.39. The summed E-state index contributed by atoms with van der Waals surface area (Å²) in [5, 5.41) is 15.1. The van der Waals surface area contributed by atoms with Crippen LogP contribution in [0.1, 0.15) is 18.2 Å². The Balaban J connectivity index is 1.88. The van der Waals surface area contributed by atoms with Crippen molar-refractivity contribution in [1.82, 2.24) is 9.88 Å². The van der Waals surface area contributed by atoms with E-state index in [-0.39, 0.29) is 6.54 Å². The first-order chi connectivity index (χ1) is 12.5. The maximum Gasteiger partial charge on any atom is 0.313 e. The lowest BCUT2D eigenvalue weighted by molar-refractivity contribution is -0.136. The van der Waals surface area contributed by atoms with E-state index in [1.165, 1.54) is 14.2 Å². The van der Waals surface area contributed by atoms with Crippen molar-refractivity contribution < 1.29 is 24.2 Å². The zero-order chi connectivity index (χ0) is 19.1. The van der Waals surface area contributed by atoms with Gasteiger partial charge in [0.2, 0.25) is 0 Å². The zero-order valence-electron chi connectivity index (χ0n) is 15.0. The monoisotopic (exact) mass is 361 g/mol. The van der Waals surface area contributed by atoms with Gasteiger partial charge in [-0.1, -0.05) is 0 Å². The molecule has 8 nitrogen and oxygen atoms in total. The summed E-state index contributed by atoms with van der Waals surface area (Å²) < 4.78 is 12.0. The van der Waals surface area contributed by atoms with E-state index in [9.17, 15) is 14.7 Å². The third kappa shape index (κ3) is 4.76. The second-order valence-corrected chi connectivity index (χ2v) is 5.62. The molecule has 0 aliphatic heterocycles. The summed E-state index contributed by atoms with van der Waals surface area (Å²) in [6.07, 6.45) is 1.39. The fraction of sp³-hybridized carbons (Fsp3) is 0.333. The van der Waals surface area contributed by atoms with Crippen molar-refractivity contribution in [2.45, 2.75) is 12.5 Å². The molecule has 1 atom stereocenters. The highest BCUT2D eigenvalue weighted by atomic mass is 16.5. The van der Waals surface area contributed by atoms with Gasteiger partial charge in [0.15, 0.2) is 0 Å². The number of anilines is 1. The fourth-order valence-electron chi connectivity index (χ4n) is 2.46. The molecular formula is C18H23N3O5. The molecule has 2 aromatic rings. The van der Waals surface area contributed by atoms with Crippen molar-refractivity contribution in [3.63, 3.8) is 0 Å². The number of carbonyl (C=O) groups excluding carboxylic acids is 2. The maximum atomic E-state index is 12.1. The van der Waals surface area contributed by atoms with Gasteiger partial charge in [-0.05, 0) is 30.7 Å². The molecule has 0 radical (unpaired) electrons. The number of benzene rings is 1. The number of aliphatic hydroxyl groups excluding tert-OH is 1. The zero-order valence-corrected chi connectivity index (χ0v) is 15.0. The van der Waals surface area contributed by atoms with Crippen LogP contribution in [-0.2, 0) is 16.6 Å². The van der Waals surface area contributed by atoms with Gasteiger partial charge >= 0.3 is 11.8 Å². The molecule has 0 spiro atoms. The first-order valence-corrected chi connectivity index (χ1v) is 8.06. The molecule has 3 N–H and O–H groups in total. The van der Waals surface area contributed by atoms with Crippen molar-refractivity contribution in [3.8, 4) is 11.5 Å². The van der Waals surface area contributed by atoms with Crippen LogP contribution in [0.2, 0.25) is 0 Å². The van der Waals surface area contributed by atoms with Crippen molar-refractivity contribution in [1.29, 1.82) is 0 Å². The summed E-state index contributed by atoms with van der Waals surface area (Å²) in [5.74, 6) is -0.697. The van der Waals surface area contributed by atoms with Crippen LogP contribution >= 0.6 is 0 Å². The van der Waals surface area contributed by atoms with E-state index in [0.29, 0.717) is 23.6 Å².